The molecule has 0 atom stereocenters. The molecule has 0 aromatic carbocycles. The van der Waals surface area contributed by atoms with E-state index < -0.39 is 0 Å². The SMILES string of the molecule is CC.CC.CC1CCC(CN2CCC(C)CC2)CC1. The molecule has 1 heterocycles. The largest absolute Gasteiger partial charge is 0.303 e. The molecule has 0 amide bonds. The van der Waals surface area contributed by atoms with Gasteiger partial charge in [0, 0.05) is 6.54 Å². The molecule has 0 aromatic heterocycles. The molecule has 0 radical (unpaired) electrons. The molecule has 19 heavy (non-hydrogen) atoms. The maximum atomic E-state index is 2.72. The Morgan fingerprint density at radius 1 is 0.684 bits per heavy atom. The minimum atomic E-state index is 0.979. The first-order chi connectivity index (χ1) is 9.24. The molecule has 2 rings (SSSR count). The molecule has 0 aromatic rings. The predicted molar refractivity (Wildman–Crippen MR) is 88.7 cm³/mol. The van der Waals surface area contributed by atoms with Gasteiger partial charge in [-0.2, -0.15) is 0 Å². The highest BCUT2D eigenvalue weighted by Crippen LogP contribution is 2.29. The Kier molecular flexibility index (Phi) is 11.7. The molecule has 0 N–H and O–H groups in total. The van der Waals surface area contributed by atoms with Crippen molar-refractivity contribution in [1.82, 2.24) is 4.90 Å². The molecule has 2 fully saturated rings. The minimum Gasteiger partial charge on any atom is -0.303 e. The first kappa shape index (κ1) is 19.0. The molecule has 1 aliphatic carbocycles. The van der Waals surface area contributed by atoms with Gasteiger partial charge in [0.15, 0.2) is 0 Å². The van der Waals surface area contributed by atoms with Crippen LogP contribution in [0.3, 0.4) is 0 Å². The minimum absolute atomic E-state index is 0.979. The summed E-state index contributed by atoms with van der Waals surface area (Å²) in [5.74, 6) is 3.00. The van der Waals surface area contributed by atoms with E-state index in [1.807, 2.05) is 27.7 Å². The number of hydrogen-bond acceptors (Lipinski definition) is 1. The van der Waals surface area contributed by atoms with E-state index in [4.69, 9.17) is 0 Å². The van der Waals surface area contributed by atoms with E-state index in [2.05, 4.69) is 18.7 Å². The molecule has 1 nitrogen and oxygen atoms in total. The lowest BCUT2D eigenvalue weighted by Gasteiger charge is -2.35. The van der Waals surface area contributed by atoms with Gasteiger partial charge in [-0.05, 0) is 56.5 Å². The molecule has 1 heteroatoms. The lowest BCUT2D eigenvalue weighted by Crippen LogP contribution is -2.37. The second-order valence-corrected chi connectivity index (χ2v) is 6.11. The summed E-state index contributed by atoms with van der Waals surface area (Å²) in [5, 5.41) is 0. The Morgan fingerprint density at radius 3 is 1.58 bits per heavy atom. The van der Waals surface area contributed by atoms with Crippen molar-refractivity contribution in [3.63, 3.8) is 0 Å². The smallest absolute Gasteiger partial charge is 0.000966 e. The van der Waals surface area contributed by atoms with Crippen LogP contribution in [0, 0.1) is 17.8 Å². The van der Waals surface area contributed by atoms with Crippen molar-refractivity contribution < 1.29 is 0 Å². The third kappa shape index (κ3) is 7.97. The van der Waals surface area contributed by atoms with Gasteiger partial charge in [0.05, 0.1) is 0 Å². The summed E-state index contributed by atoms with van der Waals surface area (Å²) in [7, 11) is 0. The molecular formula is C18H39N. The number of likely N-dealkylation sites (tertiary alicyclic amines) is 1. The molecule has 2 aliphatic rings. The van der Waals surface area contributed by atoms with Gasteiger partial charge >= 0.3 is 0 Å². The molecule has 1 aliphatic heterocycles. The second-order valence-electron chi connectivity index (χ2n) is 6.11. The molecule has 1 saturated carbocycles. The quantitative estimate of drug-likeness (QED) is 0.631. The van der Waals surface area contributed by atoms with Gasteiger partial charge in [-0.25, -0.2) is 0 Å². The van der Waals surface area contributed by atoms with Crippen LogP contribution in [0.2, 0.25) is 0 Å². The molecule has 0 unspecified atom stereocenters. The first-order valence-corrected chi connectivity index (χ1v) is 8.96. The van der Waals surface area contributed by atoms with Gasteiger partial charge in [-0.1, -0.05) is 54.4 Å². The summed E-state index contributed by atoms with van der Waals surface area (Å²) < 4.78 is 0. The third-order valence-corrected chi connectivity index (χ3v) is 4.53. The Labute approximate surface area is 123 Å². The molecular weight excluding hydrogens is 230 g/mol. The van der Waals surface area contributed by atoms with Crippen molar-refractivity contribution in [3.05, 3.63) is 0 Å². The monoisotopic (exact) mass is 269 g/mol. The van der Waals surface area contributed by atoms with Gasteiger partial charge in [0.2, 0.25) is 0 Å². The van der Waals surface area contributed by atoms with E-state index >= 15 is 0 Å². The van der Waals surface area contributed by atoms with Crippen molar-refractivity contribution in [2.24, 2.45) is 17.8 Å². The predicted octanol–water partition coefficient (Wildman–Crippen LogP) is 5.60. The average Bonchev–Trinajstić information content (AvgIpc) is 2.48. The second kappa shape index (κ2) is 11.8. The van der Waals surface area contributed by atoms with E-state index in [0.29, 0.717) is 0 Å². The Balaban J connectivity index is 0.000000741. The van der Waals surface area contributed by atoms with Crippen LogP contribution in [-0.2, 0) is 0 Å². The van der Waals surface area contributed by atoms with Crippen molar-refractivity contribution in [1.29, 1.82) is 0 Å². The summed E-state index contributed by atoms with van der Waals surface area (Å²) in [5.41, 5.74) is 0. The van der Waals surface area contributed by atoms with Crippen LogP contribution >= 0.6 is 0 Å². The molecule has 0 spiro atoms. The van der Waals surface area contributed by atoms with E-state index in [-0.39, 0.29) is 0 Å². The van der Waals surface area contributed by atoms with Crippen molar-refractivity contribution >= 4 is 0 Å². The van der Waals surface area contributed by atoms with E-state index in [9.17, 15) is 0 Å². The summed E-state index contributed by atoms with van der Waals surface area (Å²) in [6.45, 7) is 17.0. The fourth-order valence-electron chi connectivity index (χ4n) is 3.12. The van der Waals surface area contributed by atoms with Crippen LogP contribution in [0.4, 0.5) is 0 Å². The van der Waals surface area contributed by atoms with E-state index in [1.54, 1.807) is 0 Å². The lowest BCUT2D eigenvalue weighted by molar-refractivity contribution is 0.143. The maximum Gasteiger partial charge on any atom is 0.000966 e. The van der Waals surface area contributed by atoms with E-state index in [0.717, 1.165) is 17.8 Å². The van der Waals surface area contributed by atoms with Gasteiger partial charge in [0.1, 0.15) is 0 Å². The summed E-state index contributed by atoms with van der Waals surface area (Å²) >= 11 is 0. The third-order valence-electron chi connectivity index (χ3n) is 4.53. The normalized spacial score (nSPS) is 28.7. The number of nitrogens with zero attached hydrogens (tertiary/aromatic N) is 1. The zero-order valence-corrected chi connectivity index (χ0v) is 14.5. The Morgan fingerprint density at radius 2 is 1.11 bits per heavy atom. The van der Waals surface area contributed by atoms with Gasteiger partial charge in [-0.3, -0.25) is 0 Å². The zero-order chi connectivity index (χ0) is 14.7. The van der Waals surface area contributed by atoms with Crippen molar-refractivity contribution in [3.8, 4) is 0 Å². The van der Waals surface area contributed by atoms with Crippen LogP contribution < -0.4 is 0 Å². The van der Waals surface area contributed by atoms with Crippen LogP contribution in [-0.4, -0.2) is 24.5 Å². The van der Waals surface area contributed by atoms with Crippen LogP contribution in [0.1, 0.15) is 80.1 Å². The van der Waals surface area contributed by atoms with Gasteiger partial charge < -0.3 is 4.90 Å². The average molecular weight is 270 g/mol. The lowest BCUT2D eigenvalue weighted by atomic mass is 9.82. The molecule has 0 bridgehead atoms. The highest BCUT2D eigenvalue weighted by molar-refractivity contribution is 4.76. The number of piperidine rings is 1. The maximum absolute atomic E-state index is 2.72. The summed E-state index contributed by atoms with van der Waals surface area (Å²) in [4.78, 5) is 2.72. The first-order valence-electron chi connectivity index (χ1n) is 8.96. The fraction of sp³-hybridized carbons (Fsp3) is 1.00. The topological polar surface area (TPSA) is 3.24 Å². The van der Waals surface area contributed by atoms with Crippen molar-refractivity contribution in [2.45, 2.75) is 80.1 Å². The van der Waals surface area contributed by atoms with Gasteiger partial charge in [0.25, 0.3) is 0 Å². The summed E-state index contributed by atoms with van der Waals surface area (Å²) in [6, 6.07) is 0. The van der Waals surface area contributed by atoms with Crippen LogP contribution in [0.15, 0.2) is 0 Å². The Hall–Kier alpha value is -0.0400. The standard InChI is InChI=1S/C14H27N.2C2H6/c1-12-3-5-14(6-4-12)11-15-9-7-13(2)8-10-15;2*1-2/h12-14H,3-11H2,1-2H3;2*1-2H3. The summed E-state index contributed by atoms with van der Waals surface area (Å²) in [6.07, 6.45) is 8.82. The highest BCUT2D eigenvalue weighted by Gasteiger charge is 2.22. The van der Waals surface area contributed by atoms with Crippen molar-refractivity contribution in [2.75, 3.05) is 19.6 Å². The molecule has 1 saturated heterocycles. The fourth-order valence-corrected chi connectivity index (χ4v) is 3.12. The zero-order valence-electron chi connectivity index (χ0n) is 14.5. The number of rotatable bonds is 2. The van der Waals surface area contributed by atoms with Gasteiger partial charge in [-0.15, -0.1) is 0 Å². The Bertz CT molecular complexity index is 154. The van der Waals surface area contributed by atoms with Crippen LogP contribution in [0.5, 0.6) is 0 Å². The van der Waals surface area contributed by atoms with E-state index in [1.165, 1.54) is 58.2 Å². The molecule has 116 valence electrons. The number of hydrogen-bond donors (Lipinski definition) is 0. The highest BCUT2D eigenvalue weighted by atomic mass is 15.1. The van der Waals surface area contributed by atoms with Crippen LogP contribution in [0.25, 0.3) is 0 Å².